The Balaban J connectivity index is 0.000000365. The third kappa shape index (κ3) is 11.2. The van der Waals surface area contributed by atoms with Gasteiger partial charge in [0.15, 0.2) is 11.9 Å². The molecule has 2 unspecified atom stereocenters. The lowest BCUT2D eigenvalue weighted by Gasteiger charge is -2.25. The molecule has 0 radical (unpaired) electrons. The van der Waals surface area contributed by atoms with Gasteiger partial charge in [-0.15, -0.1) is 0 Å². The molecule has 2 atom stereocenters. The molecule has 0 bridgehead atoms. The van der Waals surface area contributed by atoms with Crippen LogP contribution < -0.4 is 10.1 Å². The van der Waals surface area contributed by atoms with Gasteiger partial charge in [0.05, 0.1) is 5.56 Å². The van der Waals surface area contributed by atoms with Crippen molar-refractivity contribution in [2.45, 2.75) is 71.7 Å². The maximum atomic E-state index is 12.2. The van der Waals surface area contributed by atoms with Crippen LogP contribution in [0.2, 0.25) is 5.02 Å². The number of aromatic nitrogens is 1. The Morgan fingerprint density at radius 3 is 2.16 bits per heavy atom. The van der Waals surface area contributed by atoms with E-state index in [4.69, 9.17) is 16.3 Å². The zero-order valence-corrected chi connectivity index (χ0v) is 23.8. The molecule has 0 amide bonds. The minimum atomic E-state index is -4.42. The van der Waals surface area contributed by atoms with Gasteiger partial charge in [-0.05, 0) is 70.5 Å². The van der Waals surface area contributed by atoms with Crippen molar-refractivity contribution in [1.29, 1.82) is 0 Å². The van der Waals surface area contributed by atoms with Crippen LogP contribution in [-0.4, -0.2) is 30.0 Å². The predicted octanol–water partition coefficient (Wildman–Crippen LogP) is 8.07. The maximum Gasteiger partial charge on any atom is 0.417 e. The predicted molar refractivity (Wildman–Crippen MR) is 149 cm³/mol. The number of nitrogens with zero attached hydrogens (tertiary/aromatic N) is 1. The standard InChI is InChI=1S/C18H22ClN.C10H10F3NO2.C2H6/c1-13-5-4-6-16(11-13)18(14(2)20-3)12-15-7-9-17(19)10-8-15;1-9(2,6-15)16-8-4-3-7(5-14-8)10(11,12)13;1-2/h4-11,14,18,20H,12H2,1-3H3;3-6H,1-2H3;1-2H3. The Bertz CT molecular complexity index is 1100. The molecule has 0 saturated heterocycles. The van der Waals surface area contributed by atoms with E-state index >= 15 is 0 Å². The van der Waals surface area contributed by atoms with Crippen molar-refractivity contribution >= 4 is 17.9 Å². The van der Waals surface area contributed by atoms with Crippen LogP contribution in [0.25, 0.3) is 0 Å². The van der Waals surface area contributed by atoms with Gasteiger partial charge in [-0.1, -0.05) is 67.4 Å². The molecule has 0 saturated carbocycles. The van der Waals surface area contributed by atoms with Gasteiger partial charge in [-0.2, -0.15) is 13.2 Å². The molecule has 0 fully saturated rings. The van der Waals surface area contributed by atoms with Gasteiger partial charge in [-0.25, -0.2) is 4.98 Å². The van der Waals surface area contributed by atoms with E-state index in [2.05, 4.69) is 60.5 Å². The number of ether oxygens (including phenoxy) is 1. The summed E-state index contributed by atoms with van der Waals surface area (Å²) in [4.78, 5) is 14.0. The van der Waals surface area contributed by atoms with E-state index in [1.807, 2.05) is 33.0 Å². The largest absolute Gasteiger partial charge is 0.464 e. The summed E-state index contributed by atoms with van der Waals surface area (Å²) in [5, 5.41) is 4.18. The molecule has 3 aromatic rings. The zero-order chi connectivity index (χ0) is 28.9. The number of carbonyl (C=O) groups is 1. The molecule has 0 spiro atoms. The number of benzene rings is 2. The van der Waals surface area contributed by atoms with Crippen molar-refractivity contribution in [2.24, 2.45) is 0 Å². The highest BCUT2D eigenvalue weighted by Gasteiger charge is 2.31. The molecule has 0 aliphatic heterocycles. The second-order valence-electron chi connectivity index (χ2n) is 9.13. The lowest BCUT2D eigenvalue weighted by Crippen LogP contribution is -2.30. The molecule has 0 aliphatic rings. The average Bonchev–Trinajstić information content (AvgIpc) is 2.89. The second-order valence-corrected chi connectivity index (χ2v) is 9.57. The summed E-state index contributed by atoms with van der Waals surface area (Å²) in [7, 11) is 2.02. The number of nitrogens with one attached hydrogen (secondary N) is 1. The molecule has 4 nitrogen and oxygen atoms in total. The first-order chi connectivity index (χ1) is 17.8. The lowest BCUT2D eigenvalue weighted by molar-refractivity contribution is -0.138. The average molecular weight is 551 g/mol. The maximum absolute atomic E-state index is 12.2. The van der Waals surface area contributed by atoms with Crippen molar-refractivity contribution in [3.8, 4) is 5.88 Å². The first-order valence-electron chi connectivity index (χ1n) is 12.5. The number of carbonyl (C=O) groups excluding carboxylic acids is 1. The molecule has 2 aromatic carbocycles. The Hall–Kier alpha value is -2.90. The highest BCUT2D eigenvalue weighted by molar-refractivity contribution is 6.30. The van der Waals surface area contributed by atoms with Gasteiger partial charge in [0.25, 0.3) is 0 Å². The normalized spacial score (nSPS) is 12.7. The van der Waals surface area contributed by atoms with Gasteiger partial charge < -0.3 is 10.1 Å². The number of halogens is 4. The van der Waals surface area contributed by atoms with E-state index in [-0.39, 0.29) is 5.88 Å². The Morgan fingerprint density at radius 2 is 1.68 bits per heavy atom. The van der Waals surface area contributed by atoms with Crippen LogP contribution >= 0.6 is 11.6 Å². The van der Waals surface area contributed by atoms with E-state index < -0.39 is 17.3 Å². The van der Waals surface area contributed by atoms with Gasteiger partial charge in [0.2, 0.25) is 5.88 Å². The molecule has 1 aromatic heterocycles. The summed E-state index contributed by atoms with van der Waals surface area (Å²) in [5.41, 5.74) is 2.06. The lowest BCUT2D eigenvalue weighted by atomic mass is 9.86. The summed E-state index contributed by atoms with van der Waals surface area (Å²) in [6.45, 7) is 11.4. The Labute approximate surface area is 229 Å². The number of likely N-dealkylation sites (N-methyl/N-ethyl adjacent to an activating group) is 1. The monoisotopic (exact) mass is 550 g/mol. The molecule has 38 heavy (non-hydrogen) atoms. The smallest absolute Gasteiger partial charge is 0.417 e. The first kappa shape index (κ1) is 33.1. The Kier molecular flexibility index (Phi) is 13.5. The minimum Gasteiger partial charge on any atom is -0.464 e. The van der Waals surface area contributed by atoms with Crippen LogP contribution in [0.4, 0.5) is 13.2 Å². The van der Waals surface area contributed by atoms with Crippen LogP contribution in [0.5, 0.6) is 5.88 Å². The number of rotatable bonds is 8. The summed E-state index contributed by atoms with van der Waals surface area (Å²) in [6, 6.07) is 19.3. The van der Waals surface area contributed by atoms with E-state index in [0.29, 0.717) is 24.4 Å². The number of hydrogen-bond acceptors (Lipinski definition) is 4. The van der Waals surface area contributed by atoms with Crippen LogP contribution in [0.3, 0.4) is 0 Å². The summed E-state index contributed by atoms with van der Waals surface area (Å²) in [5.74, 6) is 0.436. The molecule has 0 aliphatic carbocycles. The molecule has 8 heteroatoms. The molecule has 1 N–H and O–H groups in total. The fraction of sp³-hybridized carbons (Fsp3) is 0.400. The number of aldehydes is 1. The van der Waals surface area contributed by atoms with Crippen LogP contribution in [0.15, 0.2) is 66.9 Å². The van der Waals surface area contributed by atoms with Gasteiger partial charge in [-0.3, -0.25) is 4.79 Å². The van der Waals surface area contributed by atoms with Crippen LogP contribution in [-0.2, 0) is 17.4 Å². The van der Waals surface area contributed by atoms with E-state index in [1.165, 1.54) is 30.5 Å². The summed E-state index contributed by atoms with van der Waals surface area (Å²) < 4.78 is 41.6. The summed E-state index contributed by atoms with van der Waals surface area (Å²) >= 11 is 5.96. The van der Waals surface area contributed by atoms with Gasteiger partial charge in [0.1, 0.15) is 0 Å². The van der Waals surface area contributed by atoms with Gasteiger partial charge >= 0.3 is 6.18 Å². The minimum absolute atomic E-state index is 0.0231. The highest BCUT2D eigenvalue weighted by Crippen LogP contribution is 2.29. The summed E-state index contributed by atoms with van der Waals surface area (Å²) in [6.07, 6.45) is -2.20. The van der Waals surface area contributed by atoms with E-state index in [1.54, 1.807) is 0 Å². The third-order valence-corrected chi connectivity index (χ3v) is 5.87. The van der Waals surface area contributed by atoms with Crippen molar-refractivity contribution in [1.82, 2.24) is 10.3 Å². The van der Waals surface area contributed by atoms with Crippen molar-refractivity contribution in [3.63, 3.8) is 0 Å². The second kappa shape index (κ2) is 15.5. The number of alkyl halides is 3. The fourth-order valence-corrected chi connectivity index (χ4v) is 3.59. The highest BCUT2D eigenvalue weighted by atomic mass is 35.5. The van der Waals surface area contributed by atoms with Gasteiger partial charge in [0, 0.05) is 29.2 Å². The molecule has 1 heterocycles. The molecular weight excluding hydrogens is 513 g/mol. The van der Waals surface area contributed by atoms with Crippen molar-refractivity contribution in [3.05, 3.63) is 94.1 Å². The fourth-order valence-electron chi connectivity index (χ4n) is 3.46. The number of hydrogen-bond donors (Lipinski definition) is 1. The molecule has 208 valence electrons. The SMILES string of the molecule is CC.CC(C)(C=O)Oc1ccc(C(F)(F)F)cn1.CNC(C)C(Cc1ccc(Cl)cc1)c1cccc(C)c1. The topological polar surface area (TPSA) is 51.2 Å². The zero-order valence-electron chi connectivity index (χ0n) is 23.1. The quantitative estimate of drug-likeness (QED) is 0.288. The van der Waals surface area contributed by atoms with Crippen molar-refractivity contribution in [2.75, 3.05) is 7.05 Å². The third-order valence-electron chi connectivity index (χ3n) is 5.61. The molecule has 3 rings (SSSR count). The first-order valence-corrected chi connectivity index (χ1v) is 12.9. The van der Waals surface area contributed by atoms with E-state index in [9.17, 15) is 18.0 Å². The van der Waals surface area contributed by atoms with E-state index in [0.717, 1.165) is 23.6 Å². The number of pyridine rings is 1. The van der Waals surface area contributed by atoms with Crippen LogP contribution in [0.1, 0.15) is 62.8 Å². The van der Waals surface area contributed by atoms with Crippen LogP contribution in [0, 0.1) is 6.92 Å². The molecular formula is C30H38ClF3N2O2. The number of aryl methyl sites for hydroxylation is 1. The van der Waals surface area contributed by atoms with Crippen molar-refractivity contribution < 1.29 is 22.7 Å². The Morgan fingerprint density at radius 1 is 1.05 bits per heavy atom.